The maximum atomic E-state index is 14.3. The van der Waals surface area contributed by atoms with Crippen molar-refractivity contribution in [1.29, 1.82) is 0 Å². The monoisotopic (exact) mass is 718 g/mol. The van der Waals surface area contributed by atoms with E-state index in [2.05, 4.69) is 0 Å². The second-order valence-corrected chi connectivity index (χ2v) is 13.9. The molecule has 12 heteroatoms. The van der Waals surface area contributed by atoms with E-state index in [-0.39, 0.29) is 71.8 Å². The van der Waals surface area contributed by atoms with E-state index in [1.54, 1.807) is 0 Å². The van der Waals surface area contributed by atoms with Gasteiger partial charge in [-0.1, -0.05) is 84.9 Å². The number of rotatable bonds is 8. The van der Waals surface area contributed by atoms with Gasteiger partial charge < -0.3 is 0 Å². The molecule has 2 saturated carbocycles. The Labute approximate surface area is 295 Å². The number of amides is 4. The number of nitrogens with zero attached hydrogens (tertiary/aromatic N) is 2. The Morgan fingerprint density at radius 2 is 0.923 bits per heavy atom. The highest BCUT2D eigenvalue weighted by molar-refractivity contribution is 6.09. The van der Waals surface area contributed by atoms with E-state index >= 15 is 0 Å². The molecule has 4 amide bonds. The van der Waals surface area contributed by atoms with Gasteiger partial charge >= 0.3 is 0 Å². The fraction of sp³-hybridized carbons (Fsp3) is 0.300. The van der Waals surface area contributed by atoms with E-state index in [9.17, 15) is 45.5 Å². The Morgan fingerprint density at radius 1 is 0.558 bits per heavy atom. The molecule has 0 aromatic heterocycles. The minimum atomic E-state index is -2.75. The number of hydrogen-bond donors (Lipinski definition) is 0. The van der Waals surface area contributed by atoms with Crippen LogP contribution in [0, 0.1) is 22.5 Å². The minimum Gasteiger partial charge on any atom is -0.278 e. The predicted molar refractivity (Wildman–Crippen MR) is 176 cm³/mol. The van der Waals surface area contributed by atoms with Gasteiger partial charge in [0.15, 0.2) is 0 Å². The Kier molecular flexibility index (Phi) is 9.04. The molecule has 0 N–H and O–H groups in total. The van der Waals surface area contributed by atoms with Crippen LogP contribution in [0.1, 0.15) is 83.8 Å². The maximum absolute atomic E-state index is 14.3. The summed E-state index contributed by atoms with van der Waals surface area (Å²) in [5.41, 5.74) is -0.458. The number of hydrogen-bond acceptors (Lipinski definition) is 4. The number of benzene rings is 4. The van der Waals surface area contributed by atoms with Crippen molar-refractivity contribution in [3.63, 3.8) is 0 Å². The van der Waals surface area contributed by atoms with Crippen molar-refractivity contribution >= 4 is 23.6 Å². The molecule has 3 unspecified atom stereocenters. The topological polar surface area (TPSA) is 74.8 Å². The Morgan fingerprint density at radius 3 is 1.25 bits per heavy atom. The van der Waals surface area contributed by atoms with Gasteiger partial charge in [-0.25, -0.2) is 26.3 Å². The maximum Gasteiger partial charge on any atom is 0.263 e. The molecule has 4 aromatic carbocycles. The van der Waals surface area contributed by atoms with Crippen LogP contribution in [0.15, 0.2) is 97.1 Å². The van der Waals surface area contributed by atoms with Crippen LogP contribution < -0.4 is 0 Å². The van der Waals surface area contributed by atoms with E-state index in [0.29, 0.717) is 12.8 Å². The Hall–Kier alpha value is -5.26. The predicted octanol–water partition coefficient (Wildman–Crippen LogP) is 8.39. The first kappa shape index (κ1) is 35.2. The molecule has 2 aliphatic heterocycles. The number of imide groups is 2. The first-order valence-corrected chi connectivity index (χ1v) is 16.8. The lowest BCUT2D eigenvalue weighted by molar-refractivity contribution is -0.142. The van der Waals surface area contributed by atoms with E-state index in [0.717, 1.165) is 23.3 Å². The summed E-state index contributed by atoms with van der Waals surface area (Å²) in [4.78, 5) is 52.8. The second kappa shape index (κ2) is 13.4. The van der Waals surface area contributed by atoms with Crippen molar-refractivity contribution in [2.45, 2.75) is 63.5 Å². The lowest BCUT2D eigenvalue weighted by Crippen LogP contribution is -2.30. The molecule has 2 saturated heterocycles. The summed E-state index contributed by atoms with van der Waals surface area (Å²) in [7, 11) is 0. The number of likely N-dealkylation sites (tertiary alicyclic amines) is 2. The van der Waals surface area contributed by atoms with Crippen LogP contribution >= 0.6 is 0 Å². The average molecular weight is 719 g/mol. The highest BCUT2D eigenvalue weighted by Gasteiger charge is 2.68. The van der Waals surface area contributed by atoms with Crippen LogP contribution in [0.25, 0.3) is 0 Å². The number of carbonyl (C=O) groups excluding carboxylic acids is 4. The van der Waals surface area contributed by atoms with E-state index < -0.39 is 47.2 Å². The van der Waals surface area contributed by atoms with Gasteiger partial charge in [0.05, 0.1) is 23.9 Å². The SMILES string of the molecule is O=C1CC2(CC2c2ccc(C(F)F)cc2F)C(=O)N1Cc1ccccc1.O=C1C[C@]2(CC2c2ccc(C(F)F)cc2F)C(=O)N1Cc1ccccc1. The van der Waals surface area contributed by atoms with E-state index in [4.69, 9.17) is 0 Å². The van der Waals surface area contributed by atoms with Crippen molar-refractivity contribution in [2.24, 2.45) is 10.8 Å². The van der Waals surface area contributed by atoms with Crippen molar-refractivity contribution in [2.75, 3.05) is 0 Å². The zero-order valence-electron chi connectivity index (χ0n) is 27.6. The lowest BCUT2D eigenvalue weighted by atomic mass is 9.96. The molecule has 0 radical (unpaired) electrons. The van der Waals surface area contributed by atoms with Crippen LogP contribution in [0.2, 0.25) is 0 Å². The molecule has 6 nitrogen and oxygen atoms in total. The smallest absolute Gasteiger partial charge is 0.263 e. The third-order valence-corrected chi connectivity index (χ3v) is 10.7. The van der Waals surface area contributed by atoms with E-state index in [1.807, 2.05) is 60.7 Å². The molecule has 4 atom stereocenters. The standard InChI is InChI=1S/2C20H16F3NO2/c2*21-16-8-13(18(22)23)6-7-14(16)15-9-20(15)10-17(25)24(19(20)26)11-12-4-2-1-3-5-12/h2*1-8,15,18H,9-11H2/t15?,20-;/m0./s1. The minimum absolute atomic E-state index is 0.0410. The first-order chi connectivity index (χ1) is 24.8. The van der Waals surface area contributed by atoms with Crippen LogP contribution in [-0.4, -0.2) is 33.4 Å². The molecule has 4 aliphatic rings. The second-order valence-electron chi connectivity index (χ2n) is 13.9. The van der Waals surface area contributed by atoms with Crippen molar-refractivity contribution < 1.29 is 45.5 Å². The van der Waals surface area contributed by atoms with Crippen LogP contribution in [0.5, 0.6) is 0 Å². The Balaban J connectivity index is 0.000000162. The molecular weight excluding hydrogens is 686 g/mol. The molecule has 2 heterocycles. The molecule has 52 heavy (non-hydrogen) atoms. The Bertz CT molecular complexity index is 1910. The summed E-state index contributed by atoms with van der Waals surface area (Å²) >= 11 is 0. The van der Waals surface area contributed by atoms with Gasteiger partial charge in [0, 0.05) is 35.8 Å². The molecule has 2 aliphatic carbocycles. The summed E-state index contributed by atoms with van der Waals surface area (Å²) in [6.45, 7) is 0.388. The largest absolute Gasteiger partial charge is 0.278 e. The third kappa shape index (κ3) is 6.28. The zero-order chi connectivity index (χ0) is 36.9. The molecule has 268 valence electrons. The molecule has 2 spiro atoms. The number of carbonyl (C=O) groups is 4. The summed E-state index contributed by atoms with van der Waals surface area (Å²) in [6.07, 6.45) is -4.68. The molecule has 4 fully saturated rings. The van der Waals surface area contributed by atoms with Crippen LogP contribution in [0.3, 0.4) is 0 Å². The van der Waals surface area contributed by atoms with Gasteiger partial charge in [-0.15, -0.1) is 0 Å². The number of alkyl halides is 4. The molecule has 0 bridgehead atoms. The molecule has 8 rings (SSSR count). The zero-order valence-corrected chi connectivity index (χ0v) is 27.6. The lowest BCUT2D eigenvalue weighted by Gasteiger charge is -2.15. The van der Waals surface area contributed by atoms with Gasteiger partial charge in [-0.3, -0.25) is 29.0 Å². The first-order valence-electron chi connectivity index (χ1n) is 16.8. The molecule has 4 aromatic rings. The third-order valence-electron chi connectivity index (χ3n) is 10.7. The molecular formula is C40H32F6N2O4. The average Bonchev–Trinajstić information content (AvgIpc) is 4.00. The van der Waals surface area contributed by atoms with Crippen molar-refractivity contribution in [3.8, 4) is 0 Å². The van der Waals surface area contributed by atoms with Gasteiger partial charge in [0.2, 0.25) is 23.6 Å². The van der Waals surface area contributed by atoms with Crippen LogP contribution in [-0.2, 0) is 32.3 Å². The summed E-state index contributed by atoms with van der Waals surface area (Å²) < 4.78 is 79.3. The summed E-state index contributed by atoms with van der Waals surface area (Å²) in [5.74, 6) is -3.50. The van der Waals surface area contributed by atoms with Gasteiger partial charge in [0.1, 0.15) is 11.6 Å². The quantitative estimate of drug-likeness (QED) is 0.136. The van der Waals surface area contributed by atoms with Gasteiger partial charge in [-0.05, 0) is 47.2 Å². The normalized spacial score (nSPS) is 24.8. The van der Waals surface area contributed by atoms with E-state index in [1.165, 1.54) is 34.1 Å². The van der Waals surface area contributed by atoms with Crippen molar-refractivity contribution in [3.05, 3.63) is 142 Å². The highest BCUT2D eigenvalue weighted by Crippen LogP contribution is 2.66. The number of halogens is 6. The van der Waals surface area contributed by atoms with Crippen molar-refractivity contribution in [1.82, 2.24) is 9.80 Å². The van der Waals surface area contributed by atoms with Crippen LogP contribution in [0.4, 0.5) is 26.3 Å². The summed E-state index contributed by atoms with van der Waals surface area (Å²) in [6, 6.07) is 25.0. The fourth-order valence-corrected chi connectivity index (χ4v) is 7.71. The highest BCUT2D eigenvalue weighted by atomic mass is 19.3. The summed E-state index contributed by atoms with van der Waals surface area (Å²) in [5, 5.41) is 0. The van der Waals surface area contributed by atoms with Gasteiger partial charge in [0.25, 0.3) is 12.9 Å². The van der Waals surface area contributed by atoms with Gasteiger partial charge in [-0.2, -0.15) is 0 Å². The fourth-order valence-electron chi connectivity index (χ4n) is 7.71.